The number of rotatable bonds is 77. The molecule has 0 rings (SSSR count). The van der Waals surface area contributed by atoms with E-state index in [0.717, 1.165) is 77.8 Å². The fourth-order valence-electron chi connectivity index (χ4n) is 15.5. The molecular weight excluding hydrogens is 1190 g/mol. The molecule has 0 atom stereocenters. The molecule has 0 saturated carbocycles. The molecule has 6 heteroatoms. The van der Waals surface area contributed by atoms with Gasteiger partial charge in [0, 0.05) is 0 Å². The lowest BCUT2D eigenvalue weighted by molar-refractivity contribution is -0.944. The van der Waals surface area contributed by atoms with Gasteiger partial charge in [-0.1, -0.05) is 389 Å². The molecule has 92 heavy (non-hydrogen) atoms. The van der Waals surface area contributed by atoms with Crippen LogP contribution in [0.15, 0.2) is 25.3 Å². The monoisotopic (exact) mass is 1360 g/mol. The molecule has 0 aromatic carbocycles. The molecule has 0 aromatic heterocycles. The van der Waals surface area contributed by atoms with Crippen molar-refractivity contribution >= 4 is 28.8 Å². The highest BCUT2D eigenvalue weighted by Gasteiger charge is 2.59. The third kappa shape index (κ3) is 52.3. The van der Waals surface area contributed by atoms with E-state index in [1.54, 1.807) is 0 Å². The normalized spacial score (nSPS) is 12.1. The van der Waals surface area contributed by atoms with E-state index in [4.69, 9.17) is 0 Å². The summed E-state index contributed by atoms with van der Waals surface area (Å²) in [6.45, 7) is 29.4. The number of quaternary nitrogens is 3. The number of carbonyl (C=O) groups is 2. The maximum Gasteiger partial charge on any atom is 0.386 e. The number of carbonyl (C=O) groups excluding carboxylic acids is 2. The lowest BCUT2D eigenvalue weighted by Gasteiger charge is -2.46. The van der Waals surface area contributed by atoms with Crippen molar-refractivity contribution in [3.8, 4) is 0 Å². The smallest absolute Gasteiger partial charge is 0.294 e. The van der Waals surface area contributed by atoms with Gasteiger partial charge < -0.3 is 0 Å². The Labute approximate surface area is 591 Å². The van der Waals surface area contributed by atoms with E-state index in [-0.39, 0.29) is 28.8 Å². The van der Waals surface area contributed by atoms with Crippen LogP contribution in [0.1, 0.15) is 452 Å². The van der Waals surface area contributed by atoms with Crippen molar-refractivity contribution in [3.63, 3.8) is 0 Å². The van der Waals surface area contributed by atoms with Crippen molar-refractivity contribution in [1.82, 2.24) is 0 Å². The second-order valence-corrected chi connectivity index (χ2v) is 30.6. The number of hydrogen-bond donors (Lipinski definition) is 0. The molecule has 0 saturated heterocycles. The van der Waals surface area contributed by atoms with E-state index >= 15 is 9.59 Å². The average Bonchev–Trinajstić information content (AvgIpc) is 0.798. The molecule has 0 aliphatic rings. The fraction of sp³-hybridized carbons (Fsp3) is 0.930. The van der Waals surface area contributed by atoms with Crippen LogP contribution in [0.4, 0.5) is 0 Å². The van der Waals surface area contributed by atoms with Crippen LogP contribution in [0.3, 0.4) is 0 Å². The van der Waals surface area contributed by atoms with Crippen molar-refractivity contribution < 1.29 is 23.0 Å². The topological polar surface area (TPSA) is 34.1 Å². The second-order valence-electron chi connectivity index (χ2n) is 30.6. The summed E-state index contributed by atoms with van der Waals surface area (Å²) in [4.78, 5) is 34.6. The van der Waals surface area contributed by atoms with Crippen LogP contribution in [-0.2, 0) is 9.59 Å². The predicted octanol–water partition coefficient (Wildman–Crippen LogP) is 28.5. The van der Waals surface area contributed by atoms with Gasteiger partial charge in [-0.3, -0.25) is 13.4 Å². The Hall–Kier alpha value is -0.820. The van der Waals surface area contributed by atoms with E-state index in [9.17, 15) is 0 Å². The Kier molecular flexibility index (Phi) is 72.4. The Morgan fingerprint density at radius 1 is 0.239 bits per heavy atom. The summed E-state index contributed by atoms with van der Waals surface area (Å²) in [7, 11) is 2.28. The molecule has 0 N–H and O–H groups in total. The number of likely N-dealkylation sites (N-methyl/N-ethyl adjacent to an activating group) is 1. The zero-order chi connectivity index (χ0) is 66.6. The average molecular weight is 1360 g/mol. The van der Waals surface area contributed by atoms with Gasteiger partial charge in [0.25, 0.3) is 0 Å². The molecule has 0 spiro atoms. The van der Waals surface area contributed by atoms with Crippen LogP contribution in [0.25, 0.3) is 0 Å². The van der Waals surface area contributed by atoms with Crippen LogP contribution in [0.5, 0.6) is 0 Å². The molecular formula is C86H173BrN3O2+3. The Bertz CT molecular complexity index is 1380. The largest absolute Gasteiger partial charge is 0.386 e. The van der Waals surface area contributed by atoms with Gasteiger partial charge in [-0.2, -0.15) is 0 Å². The molecule has 0 aliphatic heterocycles. The van der Waals surface area contributed by atoms with Gasteiger partial charge in [0.15, 0.2) is 0 Å². The third-order valence-electron chi connectivity index (χ3n) is 21.8. The minimum absolute atomic E-state index is 0. The molecule has 0 heterocycles. The van der Waals surface area contributed by atoms with Crippen molar-refractivity contribution in [1.29, 1.82) is 0 Å². The molecule has 0 bridgehead atoms. The quantitative estimate of drug-likeness (QED) is 0.0263. The van der Waals surface area contributed by atoms with E-state index in [1.165, 1.54) is 372 Å². The number of halogens is 1. The van der Waals surface area contributed by atoms with Gasteiger partial charge in [0.2, 0.25) is 0 Å². The first-order valence-electron chi connectivity index (χ1n) is 42.5. The van der Waals surface area contributed by atoms with E-state index in [1.807, 2.05) is 12.2 Å². The standard InChI is InChI=1S/C86H172N3O2.BrH/c1-10-18-24-30-36-42-48-50-56-62-68-74-82-88(78-70-64-58-52-44-38-32-26-20-12-3,79-71-65-59-53-45-39-33-27-21-13-4)85(90)84(87(9,76-16-7)77-17-8)86(91)89(80-72-66-60-54-46-40-34-28-22-14-5,81-73-67-61-55-47-41-35-29-23-15-6)83-75-69-63-57-51-49-43-37-31-25-19-11-2;/h16-17,84H,7-8,10-15,18-83H2,1-6,9H3;1H/q+3;. The summed E-state index contributed by atoms with van der Waals surface area (Å²) in [5, 5.41) is 0. The number of unbranched alkanes of at least 4 members (excludes halogenated alkanes) is 58. The minimum Gasteiger partial charge on any atom is -0.294 e. The van der Waals surface area contributed by atoms with E-state index < -0.39 is 6.04 Å². The summed E-state index contributed by atoms with van der Waals surface area (Å²) >= 11 is 0. The van der Waals surface area contributed by atoms with Gasteiger partial charge in [0.1, 0.15) is 0 Å². The van der Waals surface area contributed by atoms with Gasteiger partial charge in [0.05, 0.1) is 59.4 Å². The number of amides is 2. The molecule has 0 unspecified atom stereocenters. The minimum atomic E-state index is -0.733. The first-order chi connectivity index (χ1) is 44.7. The Morgan fingerprint density at radius 3 is 0.478 bits per heavy atom. The number of nitrogens with zero attached hydrogens (tertiary/aromatic N) is 3. The zero-order valence-electron chi connectivity index (χ0n) is 64.6. The summed E-state index contributed by atoms with van der Waals surface area (Å²) in [5.74, 6) is 0.573. The lowest BCUT2D eigenvalue weighted by Crippen LogP contribution is -2.73. The van der Waals surface area contributed by atoms with Crippen LogP contribution in [0, 0.1) is 0 Å². The molecule has 0 aromatic rings. The second kappa shape index (κ2) is 71.5. The predicted molar refractivity (Wildman–Crippen MR) is 420 cm³/mol. The SMILES string of the molecule is Br.C=CC[N+](C)(CC=C)C(C(=O)[N+](CCCCCCCCCCCC)(CCCCCCCCCCCC)CCCCCCCCCCCCCC)C(=O)[N+](CCCCCCCCCCCC)(CCCCCCCCCCCC)CCCCCCCCCCCCCC. The molecule has 2 amide bonds. The maximum atomic E-state index is 17.3. The van der Waals surface area contributed by atoms with Crippen LogP contribution < -0.4 is 0 Å². The summed E-state index contributed by atoms with van der Waals surface area (Å²) in [5.41, 5.74) is 0. The Balaban J connectivity index is 0. The van der Waals surface area contributed by atoms with Crippen molar-refractivity contribution in [2.75, 3.05) is 59.4 Å². The third-order valence-corrected chi connectivity index (χ3v) is 21.8. The fourth-order valence-corrected chi connectivity index (χ4v) is 15.5. The van der Waals surface area contributed by atoms with Gasteiger partial charge in [-0.15, -0.1) is 17.0 Å². The Morgan fingerprint density at radius 2 is 0.359 bits per heavy atom. The molecule has 0 fully saturated rings. The number of hydrogen-bond acceptors (Lipinski definition) is 2. The van der Waals surface area contributed by atoms with Crippen LogP contribution >= 0.6 is 17.0 Å². The lowest BCUT2D eigenvalue weighted by atomic mass is 9.98. The van der Waals surface area contributed by atoms with E-state index in [2.05, 4.69) is 61.7 Å². The molecule has 0 radical (unpaired) electrons. The van der Waals surface area contributed by atoms with Gasteiger partial charge in [-0.05, 0) is 89.2 Å². The molecule has 5 nitrogen and oxygen atoms in total. The zero-order valence-corrected chi connectivity index (χ0v) is 66.3. The van der Waals surface area contributed by atoms with Gasteiger partial charge in [-0.25, -0.2) is 9.59 Å². The van der Waals surface area contributed by atoms with Crippen LogP contribution in [0.2, 0.25) is 0 Å². The van der Waals surface area contributed by atoms with E-state index in [0.29, 0.717) is 26.5 Å². The van der Waals surface area contributed by atoms with Crippen molar-refractivity contribution in [3.05, 3.63) is 25.3 Å². The highest BCUT2D eigenvalue weighted by molar-refractivity contribution is 8.93. The highest BCUT2D eigenvalue weighted by Crippen LogP contribution is 2.31. The summed E-state index contributed by atoms with van der Waals surface area (Å²) in [6.07, 6.45) is 87.7. The van der Waals surface area contributed by atoms with Crippen LogP contribution in [-0.4, -0.2) is 90.7 Å². The van der Waals surface area contributed by atoms with Gasteiger partial charge >= 0.3 is 17.9 Å². The summed E-state index contributed by atoms with van der Waals surface area (Å²) in [6, 6.07) is -0.733. The molecule has 0 aliphatic carbocycles. The maximum absolute atomic E-state index is 17.3. The molecule has 548 valence electrons. The summed E-state index contributed by atoms with van der Waals surface area (Å²) < 4.78 is 1.41. The first kappa shape index (κ1) is 93.2. The highest BCUT2D eigenvalue weighted by atomic mass is 79.9. The first-order valence-corrected chi connectivity index (χ1v) is 42.5. The van der Waals surface area contributed by atoms with Crippen molar-refractivity contribution in [2.24, 2.45) is 0 Å². The van der Waals surface area contributed by atoms with Crippen molar-refractivity contribution in [2.45, 2.75) is 459 Å².